The monoisotopic (exact) mass is 417 g/mol. The molecule has 0 fully saturated rings. The van der Waals surface area contributed by atoms with Crippen LogP contribution in [-0.4, -0.2) is 18.7 Å². The summed E-state index contributed by atoms with van der Waals surface area (Å²) in [5.41, 5.74) is 1.31. The van der Waals surface area contributed by atoms with Crippen LogP contribution in [0.3, 0.4) is 0 Å². The molecule has 0 saturated heterocycles. The van der Waals surface area contributed by atoms with E-state index in [1.165, 1.54) is 12.1 Å². The van der Waals surface area contributed by atoms with E-state index in [4.69, 9.17) is 14.2 Å². The summed E-state index contributed by atoms with van der Waals surface area (Å²) in [6, 6.07) is 16.5. The number of carbonyl (C=O) groups is 2. The molecule has 6 rings (SSSR count). The van der Waals surface area contributed by atoms with E-state index in [1.54, 1.807) is 24.3 Å². The van der Waals surface area contributed by atoms with Gasteiger partial charge in [-0.3, -0.25) is 9.59 Å². The van der Waals surface area contributed by atoms with E-state index >= 15 is 0 Å². The number of esters is 1. The van der Waals surface area contributed by atoms with E-state index < -0.39 is 17.3 Å². The first kappa shape index (κ1) is 17.9. The van der Waals surface area contributed by atoms with Gasteiger partial charge in [-0.15, -0.1) is 0 Å². The van der Waals surface area contributed by atoms with Gasteiger partial charge in [0.05, 0.1) is 5.92 Å². The third kappa shape index (κ3) is 2.43. The molecule has 6 nitrogen and oxygen atoms in total. The van der Waals surface area contributed by atoms with Gasteiger partial charge in [0.25, 0.3) is 0 Å². The Labute approximate surface area is 176 Å². The summed E-state index contributed by atoms with van der Waals surface area (Å²) in [5, 5.41) is 2.93. The van der Waals surface area contributed by atoms with Crippen molar-refractivity contribution in [3.05, 3.63) is 83.2 Å². The zero-order valence-electron chi connectivity index (χ0n) is 16.2. The fourth-order valence-corrected chi connectivity index (χ4v) is 4.85. The first-order valence-electron chi connectivity index (χ1n) is 9.88. The molecule has 0 bridgehead atoms. The second-order valence-electron chi connectivity index (χ2n) is 7.81. The van der Waals surface area contributed by atoms with Crippen molar-refractivity contribution in [2.45, 2.75) is 11.8 Å². The molecule has 0 aromatic heterocycles. The van der Waals surface area contributed by atoms with Crippen molar-refractivity contribution in [2.24, 2.45) is 5.92 Å². The summed E-state index contributed by atoms with van der Waals surface area (Å²) < 4.78 is 30.1. The lowest BCUT2D eigenvalue weighted by atomic mass is 9.63. The maximum Gasteiger partial charge on any atom is 0.316 e. The fraction of sp³-hybridized carbons (Fsp3) is 0.167. The van der Waals surface area contributed by atoms with E-state index in [2.05, 4.69) is 5.32 Å². The van der Waals surface area contributed by atoms with Gasteiger partial charge < -0.3 is 19.5 Å². The average Bonchev–Trinajstić information content (AvgIpc) is 3.33. The number of anilines is 1. The maximum absolute atomic E-state index is 13.6. The van der Waals surface area contributed by atoms with Crippen LogP contribution in [0.15, 0.2) is 60.7 Å². The smallest absolute Gasteiger partial charge is 0.316 e. The summed E-state index contributed by atoms with van der Waals surface area (Å²) in [5.74, 6) is -0.822. The molecular formula is C24H16FNO5. The van der Waals surface area contributed by atoms with Crippen LogP contribution < -0.4 is 19.5 Å². The second-order valence-corrected chi connectivity index (χ2v) is 7.81. The van der Waals surface area contributed by atoms with Crippen molar-refractivity contribution in [2.75, 3.05) is 12.1 Å². The number of carbonyl (C=O) groups excluding carboxylic acids is 2. The minimum atomic E-state index is -1.31. The number of amides is 1. The van der Waals surface area contributed by atoms with Crippen molar-refractivity contribution in [1.29, 1.82) is 0 Å². The highest BCUT2D eigenvalue weighted by molar-refractivity contribution is 6.12. The lowest BCUT2D eigenvalue weighted by Crippen LogP contribution is -2.51. The molecule has 2 unspecified atom stereocenters. The molecule has 3 heterocycles. The molecule has 154 valence electrons. The number of hydrogen-bond acceptors (Lipinski definition) is 5. The van der Waals surface area contributed by atoms with E-state index in [1.807, 2.05) is 24.3 Å². The van der Waals surface area contributed by atoms with Gasteiger partial charge in [0.15, 0.2) is 11.5 Å². The minimum Gasteiger partial charge on any atom is -0.454 e. The van der Waals surface area contributed by atoms with Gasteiger partial charge in [0.2, 0.25) is 12.7 Å². The highest BCUT2D eigenvalue weighted by Crippen LogP contribution is 2.56. The quantitative estimate of drug-likeness (QED) is 0.510. The van der Waals surface area contributed by atoms with Crippen molar-refractivity contribution < 1.29 is 28.2 Å². The fourth-order valence-electron chi connectivity index (χ4n) is 4.85. The van der Waals surface area contributed by atoms with Crippen LogP contribution in [0.1, 0.15) is 16.7 Å². The number of ether oxygens (including phenoxy) is 3. The molecule has 3 aliphatic heterocycles. The Morgan fingerprint density at radius 1 is 0.935 bits per heavy atom. The Morgan fingerprint density at radius 3 is 2.48 bits per heavy atom. The molecule has 2 atom stereocenters. The van der Waals surface area contributed by atoms with Gasteiger partial charge in [-0.2, -0.15) is 0 Å². The Kier molecular flexibility index (Phi) is 3.65. The summed E-state index contributed by atoms with van der Waals surface area (Å²) >= 11 is 0. The number of nitrogens with one attached hydrogen (secondary N) is 1. The van der Waals surface area contributed by atoms with Crippen LogP contribution in [0.5, 0.6) is 17.2 Å². The predicted octanol–water partition coefficient (Wildman–Crippen LogP) is 3.57. The van der Waals surface area contributed by atoms with E-state index in [9.17, 15) is 14.0 Å². The third-order valence-electron chi connectivity index (χ3n) is 6.23. The van der Waals surface area contributed by atoms with Crippen molar-refractivity contribution in [3.8, 4) is 17.2 Å². The molecule has 1 amide bonds. The molecule has 0 saturated carbocycles. The number of rotatable bonds is 2. The Balaban J connectivity index is 1.60. The van der Waals surface area contributed by atoms with Crippen LogP contribution in [0, 0.1) is 11.7 Å². The summed E-state index contributed by atoms with van der Waals surface area (Å²) in [4.78, 5) is 26.9. The minimum absolute atomic E-state index is 0.0565. The van der Waals surface area contributed by atoms with Gasteiger partial charge >= 0.3 is 5.97 Å². The summed E-state index contributed by atoms with van der Waals surface area (Å²) in [6.45, 7) is 0.0565. The van der Waals surface area contributed by atoms with Gasteiger partial charge in [0, 0.05) is 17.3 Å². The molecular weight excluding hydrogens is 401 g/mol. The van der Waals surface area contributed by atoms with Crippen LogP contribution >= 0.6 is 0 Å². The van der Waals surface area contributed by atoms with Gasteiger partial charge in [-0.1, -0.05) is 30.3 Å². The molecule has 0 aliphatic carbocycles. The first-order chi connectivity index (χ1) is 15.1. The highest BCUT2D eigenvalue weighted by Gasteiger charge is 2.60. The summed E-state index contributed by atoms with van der Waals surface area (Å²) in [6.07, 6.45) is 0.203. The van der Waals surface area contributed by atoms with Gasteiger partial charge in [0.1, 0.15) is 17.0 Å². The second kappa shape index (κ2) is 6.31. The predicted molar refractivity (Wildman–Crippen MR) is 108 cm³/mol. The van der Waals surface area contributed by atoms with E-state index in [0.29, 0.717) is 28.3 Å². The summed E-state index contributed by atoms with van der Waals surface area (Å²) in [7, 11) is 0. The number of benzene rings is 3. The molecule has 7 heteroatoms. The number of para-hydroxylation sites is 1. The largest absolute Gasteiger partial charge is 0.454 e. The SMILES string of the molecule is O=C1Oc2cc3c(cc2C2(C(=O)Nc4ccccc42)C1Cc1ccc(F)cc1)OCO3. The van der Waals surface area contributed by atoms with Crippen molar-refractivity contribution in [3.63, 3.8) is 0 Å². The number of halogens is 1. The molecule has 1 N–H and O–H groups in total. The Bertz CT molecular complexity index is 1260. The van der Waals surface area contributed by atoms with Crippen LogP contribution in [0.4, 0.5) is 10.1 Å². The zero-order chi connectivity index (χ0) is 21.2. The van der Waals surface area contributed by atoms with E-state index in [0.717, 1.165) is 5.56 Å². The van der Waals surface area contributed by atoms with Crippen LogP contribution in [0.2, 0.25) is 0 Å². The molecule has 0 radical (unpaired) electrons. The maximum atomic E-state index is 13.6. The highest BCUT2D eigenvalue weighted by atomic mass is 19.1. The lowest BCUT2D eigenvalue weighted by Gasteiger charge is -2.39. The van der Waals surface area contributed by atoms with E-state index in [-0.39, 0.29) is 30.7 Å². The number of hydrogen-bond donors (Lipinski definition) is 1. The van der Waals surface area contributed by atoms with Crippen molar-refractivity contribution in [1.82, 2.24) is 0 Å². The number of fused-ring (bicyclic) bond motifs is 5. The molecule has 3 aliphatic rings. The van der Waals surface area contributed by atoms with Crippen LogP contribution in [-0.2, 0) is 21.4 Å². The van der Waals surface area contributed by atoms with Gasteiger partial charge in [-0.05, 0) is 41.8 Å². The Morgan fingerprint density at radius 2 is 1.68 bits per heavy atom. The van der Waals surface area contributed by atoms with Crippen molar-refractivity contribution >= 4 is 17.6 Å². The average molecular weight is 417 g/mol. The molecule has 31 heavy (non-hydrogen) atoms. The Hall–Kier alpha value is -3.87. The zero-order valence-corrected chi connectivity index (χ0v) is 16.2. The molecule has 3 aromatic rings. The third-order valence-corrected chi connectivity index (χ3v) is 6.23. The lowest BCUT2D eigenvalue weighted by molar-refractivity contribution is -0.146. The standard InChI is InChI=1S/C24H16FNO5/c25-14-7-5-13(6-8-14)9-17-22(27)31-19-11-21-20(29-12-30-21)10-16(19)24(17)15-3-1-2-4-18(15)26-23(24)28/h1-8,10-11,17H,9,12H2,(H,26,28). The first-order valence-corrected chi connectivity index (χ1v) is 9.88. The normalized spacial score (nSPS) is 22.7. The molecule has 1 spiro atoms. The van der Waals surface area contributed by atoms with Gasteiger partial charge in [-0.25, -0.2) is 4.39 Å². The van der Waals surface area contributed by atoms with Crippen LogP contribution in [0.25, 0.3) is 0 Å². The topological polar surface area (TPSA) is 73.9 Å². The molecule has 3 aromatic carbocycles.